The van der Waals surface area contributed by atoms with E-state index in [2.05, 4.69) is 10.3 Å². The number of carbonyl (C=O) groups is 1. The molecule has 3 rings (SSSR count). The van der Waals surface area contributed by atoms with Crippen LogP contribution in [0.25, 0.3) is 11.3 Å². The zero-order valence-electron chi connectivity index (χ0n) is 13.3. The van der Waals surface area contributed by atoms with Gasteiger partial charge in [0.15, 0.2) is 16.6 Å². The number of carbonyl (C=O) groups excluding carboxylic acids is 1. The van der Waals surface area contributed by atoms with E-state index in [4.69, 9.17) is 9.47 Å². The first-order valence-electron chi connectivity index (χ1n) is 7.25. The number of nitrogens with zero attached hydrogens (tertiary/aromatic N) is 1. The van der Waals surface area contributed by atoms with E-state index in [1.807, 2.05) is 35.7 Å². The van der Waals surface area contributed by atoms with Crippen molar-refractivity contribution in [3.8, 4) is 22.8 Å². The summed E-state index contributed by atoms with van der Waals surface area (Å²) in [6.07, 6.45) is 0. The smallest absolute Gasteiger partial charge is 0.257 e. The predicted octanol–water partition coefficient (Wildman–Crippen LogP) is 4.08. The van der Waals surface area contributed by atoms with Crippen LogP contribution in [0.2, 0.25) is 0 Å². The zero-order chi connectivity index (χ0) is 16.9. The third-order valence-electron chi connectivity index (χ3n) is 3.44. The van der Waals surface area contributed by atoms with Gasteiger partial charge >= 0.3 is 0 Å². The van der Waals surface area contributed by atoms with E-state index in [-0.39, 0.29) is 5.91 Å². The Morgan fingerprint density at radius 1 is 1.04 bits per heavy atom. The molecule has 1 heterocycles. The van der Waals surface area contributed by atoms with Crippen LogP contribution < -0.4 is 14.8 Å². The minimum absolute atomic E-state index is 0.245. The molecule has 0 spiro atoms. The third kappa shape index (κ3) is 3.38. The molecule has 0 aliphatic carbocycles. The molecule has 2 aromatic carbocycles. The van der Waals surface area contributed by atoms with E-state index in [0.29, 0.717) is 22.2 Å². The fourth-order valence-corrected chi connectivity index (χ4v) is 2.93. The van der Waals surface area contributed by atoms with Crippen LogP contribution in [0.3, 0.4) is 0 Å². The maximum absolute atomic E-state index is 12.4. The van der Waals surface area contributed by atoms with Gasteiger partial charge in [0.25, 0.3) is 5.91 Å². The number of amides is 1. The monoisotopic (exact) mass is 340 g/mol. The summed E-state index contributed by atoms with van der Waals surface area (Å²) in [6.45, 7) is 0. The Morgan fingerprint density at radius 3 is 2.50 bits per heavy atom. The topological polar surface area (TPSA) is 60.5 Å². The van der Waals surface area contributed by atoms with E-state index in [1.54, 1.807) is 25.3 Å². The van der Waals surface area contributed by atoms with Crippen LogP contribution in [-0.2, 0) is 0 Å². The van der Waals surface area contributed by atoms with E-state index in [1.165, 1.54) is 18.4 Å². The molecule has 0 saturated carbocycles. The van der Waals surface area contributed by atoms with Crippen LogP contribution in [0.15, 0.2) is 53.9 Å². The van der Waals surface area contributed by atoms with E-state index in [0.717, 1.165) is 11.3 Å². The number of thiazole rings is 1. The Kier molecular flexibility index (Phi) is 4.77. The van der Waals surface area contributed by atoms with Gasteiger partial charge in [-0.3, -0.25) is 10.1 Å². The first-order valence-corrected chi connectivity index (χ1v) is 8.13. The molecule has 0 saturated heterocycles. The van der Waals surface area contributed by atoms with Gasteiger partial charge in [0.1, 0.15) is 0 Å². The molecule has 0 radical (unpaired) electrons. The SMILES string of the molecule is COc1ccc(C(=O)Nc2nc(-c3ccccc3)cs2)cc1OC. The minimum atomic E-state index is -0.245. The average Bonchev–Trinajstić information content (AvgIpc) is 3.10. The molecule has 0 atom stereocenters. The van der Waals surface area contributed by atoms with Gasteiger partial charge in [0, 0.05) is 16.5 Å². The van der Waals surface area contributed by atoms with Crippen LogP contribution in [-0.4, -0.2) is 25.1 Å². The lowest BCUT2D eigenvalue weighted by atomic mass is 10.2. The van der Waals surface area contributed by atoms with Gasteiger partial charge in [-0.2, -0.15) is 0 Å². The maximum atomic E-state index is 12.4. The third-order valence-corrected chi connectivity index (χ3v) is 4.20. The lowest BCUT2D eigenvalue weighted by Crippen LogP contribution is -2.11. The molecule has 1 N–H and O–H groups in total. The normalized spacial score (nSPS) is 10.2. The highest BCUT2D eigenvalue weighted by molar-refractivity contribution is 7.14. The highest BCUT2D eigenvalue weighted by atomic mass is 32.1. The van der Waals surface area contributed by atoms with Crippen molar-refractivity contribution < 1.29 is 14.3 Å². The van der Waals surface area contributed by atoms with Crippen molar-refractivity contribution in [3.63, 3.8) is 0 Å². The van der Waals surface area contributed by atoms with E-state index >= 15 is 0 Å². The molecule has 0 bridgehead atoms. The molecular weight excluding hydrogens is 324 g/mol. The zero-order valence-corrected chi connectivity index (χ0v) is 14.1. The number of ether oxygens (including phenoxy) is 2. The summed E-state index contributed by atoms with van der Waals surface area (Å²) in [4.78, 5) is 16.8. The van der Waals surface area contributed by atoms with Gasteiger partial charge < -0.3 is 9.47 Å². The van der Waals surface area contributed by atoms with E-state index in [9.17, 15) is 4.79 Å². The first kappa shape index (κ1) is 16.0. The second kappa shape index (κ2) is 7.14. The highest BCUT2D eigenvalue weighted by Crippen LogP contribution is 2.29. The number of hydrogen-bond acceptors (Lipinski definition) is 5. The quantitative estimate of drug-likeness (QED) is 0.760. The Hall–Kier alpha value is -2.86. The Morgan fingerprint density at radius 2 is 1.79 bits per heavy atom. The molecule has 122 valence electrons. The summed E-state index contributed by atoms with van der Waals surface area (Å²) in [5.74, 6) is 0.842. The number of benzene rings is 2. The molecule has 0 fully saturated rings. The predicted molar refractivity (Wildman–Crippen MR) is 95.0 cm³/mol. The summed E-state index contributed by atoms with van der Waals surface area (Å²) in [5.41, 5.74) is 2.33. The molecule has 1 aromatic heterocycles. The summed E-state index contributed by atoms with van der Waals surface area (Å²) < 4.78 is 10.4. The van der Waals surface area contributed by atoms with Gasteiger partial charge in [-0.05, 0) is 18.2 Å². The van der Waals surface area contributed by atoms with Crippen LogP contribution in [0.4, 0.5) is 5.13 Å². The Labute approximate surface area is 143 Å². The Balaban J connectivity index is 1.77. The van der Waals surface area contributed by atoms with Gasteiger partial charge in [-0.25, -0.2) is 4.98 Å². The standard InChI is InChI=1S/C18H16N2O3S/c1-22-15-9-8-13(10-16(15)23-2)17(21)20-18-19-14(11-24-18)12-6-4-3-5-7-12/h3-11H,1-2H3,(H,19,20,21). The summed E-state index contributed by atoms with van der Waals surface area (Å²) in [6, 6.07) is 14.8. The number of hydrogen-bond donors (Lipinski definition) is 1. The minimum Gasteiger partial charge on any atom is -0.493 e. The fourth-order valence-electron chi connectivity index (χ4n) is 2.22. The number of methoxy groups -OCH3 is 2. The Bertz CT molecular complexity index is 846. The van der Waals surface area contributed by atoms with Crippen molar-refractivity contribution in [3.05, 3.63) is 59.5 Å². The molecule has 0 aliphatic heterocycles. The van der Waals surface area contributed by atoms with Crippen molar-refractivity contribution in [2.45, 2.75) is 0 Å². The molecule has 3 aromatic rings. The maximum Gasteiger partial charge on any atom is 0.257 e. The number of anilines is 1. The van der Waals surface area contributed by atoms with Crippen LogP contribution in [0.5, 0.6) is 11.5 Å². The molecular formula is C18H16N2O3S. The lowest BCUT2D eigenvalue weighted by molar-refractivity contribution is 0.102. The van der Waals surface area contributed by atoms with Crippen molar-refractivity contribution >= 4 is 22.4 Å². The average molecular weight is 340 g/mol. The van der Waals surface area contributed by atoms with Crippen LogP contribution >= 0.6 is 11.3 Å². The van der Waals surface area contributed by atoms with Crippen molar-refractivity contribution in [1.82, 2.24) is 4.98 Å². The lowest BCUT2D eigenvalue weighted by Gasteiger charge is -2.09. The van der Waals surface area contributed by atoms with Crippen LogP contribution in [0, 0.1) is 0 Å². The first-order chi connectivity index (χ1) is 11.7. The molecule has 0 unspecified atom stereocenters. The highest BCUT2D eigenvalue weighted by Gasteiger charge is 2.13. The second-order valence-electron chi connectivity index (χ2n) is 4.93. The van der Waals surface area contributed by atoms with Gasteiger partial charge in [0.05, 0.1) is 19.9 Å². The molecule has 6 heteroatoms. The summed E-state index contributed by atoms with van der Waals surface area (Å²) >= 11 is 1.39. The van der Waals surface area contributed by atoms with Crippen molar-refractivity contribution in [2.24, 2.45) is 0 Å². The van der Waals surface area contributed by atoms with Crippen LogP contribution in [0.1, 0.15) is 10.4 Å². The van der Waals surface area contributed by atoms with Crippen molar-refractivity contribution in [2.75, 3.05) is 19.5 Å². The number of rotatable bonds is 5. The summed E-state index contributed by atoms with van der Waals surface area (Å²) in [7, 11) is 3.09. The number of aromatic nitrogens is 1. The molecule has 0 aliphatic rings. The molecule has 1 amide bonds. The van der Waals surface area contributed by atoms with Gasteiger partial charge in [-0.1, -0.05) is 30.3 Å². The largest absolute Gasteiger partial charge is 0.493 e. The van der Waals surface area contributed by atoms with Crippen molar-refractivity contribution in [1.29, 1.82) is 0 Å². The molecule has 24 heavy (non-hydrogen) atoms. The molecule has 5 nitrogen and oxygen atoms in total. The van der Waals surface area contributed by atoms with Gasteiger partial charge in [0.2, 0.25) is 0 Å². The second-order valence-corrected chi connectivity index (χ2v) is 5.79. The number of nitrogens with one attached hydrogen (secondary N) is 1. The van der Waals surface area contributed by atoms with Gasteiger partial charge in [-0.15, -0.1) is 11.3 Å². The van der Waals surface area contributed by atoms with E-state index < -0.39 is 0 Å². The summed E-state index contributed by atoms with van der Waals surface area (Å²) in [5, 5.41) is 5.28. The fraction of sp³-hybridized carbons (Fsp3) is 0.111.